The molecular weight excluding hydrogens is 144 g/mol. The van der Waals surface area contributed by atoms with Gasteiger partial charge >= 0.3 is 0 Å². The van der Waals surface area contributed by atoms with Crippen molar-refractivity contribution in [2.24, 2.45) is 0 Å². The van der Waals surface area contributed by atoms with Crippen LogP contribution in [0.4, 0.5) is 0 Å². The Morgan fingerprint density at radius 2 is 1.73 bits per heavy atom. The lowest BCUT2D eigenvalue weighted by molar-refractivity contribution is -0.134. The highest BCUT2D eigenvalue weighted by Gasteiger charge is 2.43. The Labute approximate surface area is 64.3 Å². The molecule has 1 heterocycles. The van der Waals surface area contributed by atoms with Gasteiger partial charge in [-0.1, -0.05) is 0 Å². The van der Waals surface area contributed by atoms with E-state index in [4.69, 9.17) is 0 Å². The van der Waals surface area contributed by atoms with Crippen LogP contribution in [0.3, 0.4) is 0 Å². The maximum atomic E-state index is 11.0. The standard InChI is InChI=1S/C7H10N2O2/c10-5-1-6(11)3-7(2-5)4-8-9-7/h8-9H,1-4H2. The Bertz CT molecular complexity index is 202. The Morgan fingerprint density at radius 3 is 2.09 bits per heavy atom. The van der Waals surface area contributed by atoms with Crippen LogP contribution < -0.4 is 10.9 Å². The number of rotatable bonds is 0. The fraction of sp³-hybridized carbons (Fsp3) is 0.714. The minimum atomic E-state index is -0.216. The molecule has 0 unspecified atom stereocenters. The van der Waals surface area contributed by atoms with Gasteiger partial charge in [-0.05, 0) is 0 Å². The van der Waals surface area contributed by atoms with Crippen molar-refractivity contribution in [1.29, 1.82) is 0 Å². The molecule has 11 heavy (non-hydrogen) atoms. The quantitative estimate of drug-likeness (QED) is 0.446. The van der Waals surface area contributed by atoms with Gasteiger partial charge in [0.2, 0.25) is 0 Å². The second-order valence-corrected chi connectivity index (χ2v) is 3.37. The SMILES string of the molecule is O=C1CC(=O)CC2(CNN2)C1. The first-order valence-electron chi connectivity index (χ1n) is 3.74. The lowest BCUT2D eigenvalue weighted by Gasteiger charge is -2.44. The zero-order chi connectivity index (χ0) is 7.90. The van der Waals surface area contributed by atoms with Crippen molar-refractivity contribution in [1.82, 2.24) is 10.9 Å². The molecule has 0 aromatic heterocycles. The van der Waals surface area contributed by atoms with Crippen molar-refractivity contribution < 1.29 is 9.59 Å². The average molecular weight is 154 g/mol. The highest BCUT2D eigenvalue weighted by molar-refractivity contribution is 6.02. The Balaban J connectivity index is 2.12. The van der Waals surface area contributed by atoms with Gasteiger partial charge in [0.15, 0.2) is 0 Å². The van der Waals surface area contributed by atoms with Gasteiger partial charge in [-0.15, -0.1) is 0 Å². The first kappa shape index (κ1) is 6.94. The van der Waals surface area contributed by atoms with Crippen LogP contribution in [0.5, 0.6) is 0 Å². The van der Waals surface area contributed by atoms with Crippen molar-refractivity contribution in [3.63, 3.8) is 0 Å². The molecule has 1 aliphatic heterocycles. The number of ketones is 2. The van der Waals surface area contributed by atoms with Gasteiger partial charge in [0, 0.05) is 19.4 Å². The number of nitrogens with one attached hydrogen (secondary N) is 2. The zero-order valence-corrected chi connectivity index (χ0v) is 6.14. The van der Waals surface area contributed by atoms with Crippen molar-refractivity contribution in [2.45, 2.75) is 24.8 Å². The molecule has 0 atom stereocenters. The molecule has 2 rings (SSSR count). The number of carbonyl (C=O) groups excluding carboxylic acids is 2. The lowest BCUT2D eigenvalue weighted by atomic mass is 9.79. The summed E-state index contributed by atoms with van der Waals surface area (Å²) in [5.74, 6) is 0.130. The van der Waals surface area contributed by atoms with E-state index in [-0.39, 0.29) is 23.5 Å². The van der Waals surface area contributed by atoms with Crippen LogP contribution in [0.15, 0.2) is 0 Å². The van der Waals surface area contributed by atoms with Crippen molar-refractivity contribution >= 4 is 11.6 Å². The Morgan fingerprint density at radius 1 is 1.18 bits per heavy atom. The Kier molecular flexibility index (Phi) is 1.34. The summed E-state index contributed by atoms with van der Waals surface area (Å²) in [6.07, 6.45) is 1.15. The third-order valence-corrected chi connectivity index (χ3v) is 2.25. The summed E-state index contributed by atoms with van der Waals surface area (Å²) in [5, 5.41) is 0. The summed E-state index contributed by atoms with van der Waals surface area (Å²) in [4.78, 5) is 22.0. The number of Topliss-reactive ketones (excluding diaryl/α,β-unsaturated/α-hetero) is 2. The third-order valence-electron chi connectivity index (χ3n) is 2.25. The van der Waals surface area contributed by atoms with Gasteiger partial charge < -0.3 is 0 Å². The summed E-state index contributed by atoms with van der Waals surface area (Å²) in [6, 6.07) is 0. The molecule has 4 nitrogen and oxygen atoms in total. The summed E-state index contributed by atoms with van der Waals surface area (Å²) < 4.78 is 0. The predicted octanol–water partition coefficient (Wildman–Crippen LogP) is -0.845. The summed E-state index contributed by atoms with van der Waals surface area (Å²) in [5.41, 5.74) is 5.57. The number of hydrogen-bond acceptors (Lipinski definition) is 4. The molecule has 0 bridgehead atoms. The predicted molar refractivity (Wildman–Crippen MR) is 37.7 cm³/mol. The third kappa shape index (κ3) is 1.08. The summed E-state index contributed by atoms with van der Waals surface area (Å²) >= 11 is 0. The van der Waals surface area contributed by atoms with E-state index in [1.54, 1.807) is 0 Å². The smallest absolute Gasteiger partial charge is 0.142 e. The number of carbonyl (C=O) groups is 2. The van der Waals surface area contributed by atoms with Crippen molar-refractivity contribution in [3.8, 4) is 0 Å². The molecule has 2 fully saturated rings. The number of hydrogen-bond donors (Lipinski definition) is 2. The highest BCUT2D eigenvalue weighted by Crippen LogP contribution is 2.25. The van der Waals surface area contributed by atoms with E-state index in [1.165, 1.54) is 0 Å². The fourth-order valence-corrected chi connectivity index (χ4v) is 1.71. The number of hydrazine groups is 1. The highest BCUT2D eigenvalue weighted by atomic mass is 16.1. The molecule has 2 aliphatic rings. The summed E-state index contributed by atoms with van der Waals surface area (Å²) in [7, 11) is 0. The minimum Gasteiger partial charge on any atom is -0.299 e. The monoisotopic (exact) mass is 154 g/mol. The first-order chi connectivity index (χ1) is 5.20. The maximum Gasteiger partial charge on any atom is 0.142 e. The van der Waals surface area contributed by atoms with E-state index in [9.17, 15) is 9.59 Å². The molecule has 0 aromatic carbocycles. The summed E-state index contributed by atoms with van der Waals surface area (Å²) in [6.45, 7) is 0.741. The van der Waals surface area contributed by atoms with E-state index in [0.717, 1.165) is 6.54 Å². The molecule has 1 saturated carbocycles. The van der Waals surface area contributed by atoms with E-state index in [2.05, 4.69) is 10.9 Å². The lowest BCUT2D eigenvalue weighted by Crippen LogP contribution is -2.72. The van der Waals surface area contributed by atoms with E-state index in [1.807, 2.05) is 0 Å². The van der Waals surface area contributed by atoms with E-state index < -0.39 is 0 Å². The molecule has 0 aromatic rings. The largest absolute Gasteiger partial charge is 0.299 e. The van der Waals surface area contributed by atoms with Gasteiger partial charge in [-0.2, -0.15) is 0 Å². The van der Waals surface area contributed by atoms with Gasteiger partial charge in [0.25, 0.3) is 0 Å². The zero-order valence-electron chi connectivity index (χ0n) is 6.14. The van der Waals surface area contributed by atoms with Crippen LogP contribution in [0, 0.1) is 0 Å². The van der Waals surface area contributed by atoms with Crippen LogP contribution in [0.25, 0.3) is 0 Å². The molecule has 1 saturated heterocycles. The van der Waals surface area contributed by atoms with E-state index in [0.29, 0.717) is 12.8 Å². The van der Waals surface area contributed by atoms with Gasteiger partial charge in [-0.3, -0.25) is 15.0 Å². The van der Waals surface area contributed by atoms with Crippen LogP contribution in [-0.2, 0) is 9.59 Å². The second kappa shape index (κ2) is 2.12. The second-order valence-electron chi connectivity index (χ2n) is 3.37. The molecule has 2 N–H and O–H groups in total. The van der Waals surface area contributed by atoms with Crippen molar-refractivity contribution in [2.75, 3.05) is 6.54 Å². The molecule has 1 spiro atoms. The maximum absolute atomic E-state index is 11.0. The van der Waals surface area contributed by atoms with Crippen molar-refractivity contribution in [3.05, 3.63) is 0 Å². The van der Waals surface area contributed by atoms with Gasteiger partial charge in [-0.25, -0.2) is 5.43 Å². The van der Waals surface area contributed by atoms with Crippen LogP contribution >= 0.6 is 0 Å². The molecule has 4 heteroatoms. The Hall–Kier alpha value is -0.740. The van der Waals surface area contributed by atoms with E-state index >= 15 is 0 Å². The first-order valence-corrected chi connectivity index (χ1v) is 3.74. The van der Waals surface area contributed by atoms with Crippen LogP contribution in [0.2, 0.25) is 0 Å². The molecule has 1 aliphatic carbocycles. The van der Waals surface area contributed by atoms with Crippen LogP contribution in [-0.4, -0.2) is 23.7 Å². The average Bonchev–Trinajstić information content (AvgIpc) is 1.82. The van der Waals surface area contributed by atoms with Gasteiger partial charge in [0.1, 0.15) is 11.6 Å². The van der Waals surface area contributed by atoms with Crippen LogP contribution in [0.1, 0.15) is 19.3 Å². The molecule has 60 valence electrons. The normalized spacial score (nSPS) is 28.7. The molecule has 0 radical (unpaired) electrons. The minimum absolute atomic E-state index is 0.0650. The fourth-order valence-electron chi connectivity index (χ4n) is 1.71. The topological polar surface area (TPSA) is 58.2 Å². The molecule has 0 amide bonds. The molecular formula is C7H10N2O2. The van der Waals surface area contributed by atoms with Gasteiger partial charge in [0.05, 0.1) is 12.0 Å².